The van der Waals surface area contributed by atoms with Crippen molar-refractivity contribution in [3.8, 4) is 17.2 Å². The average molecular weight is 359 g/mol. The largest absolute Gasteiger partial charge is 0.495 e. The van der Waals surface area contributed by atoms with Crippen LogP contribution >= 0.6 is 11.8 Å². The molecule has 0 saturated carbocycles. The topological polar surface area (TPSA) is 77.2 Å². The Morgan fingerprint density at radius 3 is 2.76 bits per heavy atom. The molecule has 3 aromatic rings. The molecule has 0 spiro atoms. The lowest BCUT2D eigenvalue weighted by molar-refractivity contribution is -0.113. The molecule has 1 heterocycles. The number of aromatic nitrogens is 2. The Balaban J connectivity index is 1.61. The number of thioether (sulfide) groups is 1. The number of carbonyl (C=O) groups excluding carboxylic acids is 1. The quantitative estimate of drug-likeness (QED) is 0.678. The predicted molar refractivity (Wildman–Crippen MR) is 92.0 cm³/mol. The number of benzene rings is 2. The summed E-state index contributed by atoms with van der Waals surface area (Å²) < 4.78 is 24.3. The number of methoxy groups -OCH3 is 1. The van der Waals surface area contributed by atoms with E-state index >= 15 is 0 Å². The van der Waals surface area contributed by atoms with E-state index in [-0.39, 0.29) is 28.3 Å². The van der Waals surface area contributed by atoms with Gasteiger partial charge in [-0.3, -0.25) is 4.79 Å². The van der Waals surface area contributed by atoms with Crippen LogP contribution in [0.3, 0.4) is 0 Å². The SMILES string of the molecule is COc1ccccc1NC(=O)CSc1nnc(-c2ccccc2F)o1. The summed E-state index contributed by atoms with van der Waals surface area (Å²) in [6.07, 6.45) is 0. The van der Waals surface area contributed by atoms with Crippen molar-refractivity contribution in [1.29, 1.82) is 0 Å². The number of rotatable bonds is 6. The molecule has 128 valence electrons. The van der Waals surface area contributed by atoms with Gasteiger partial charge >= 0.3 is 0 Å². The fourth-order valence-electron chi connectivity index (χ4n) is 2.07. The molecule has 0 radical (unpaired) electrons. The van der Waals surface area contributed by atoms with E-state index in [1.165, 1.54) is 13.2 Å². The maximum Gasteiger partial charge on any atom is 0.277 e. The highest BCUT2D eigenvalue weighted by Crippen LogP contribution is 2.26. The molecule has 2 aromatic carbocycles. The zero-order chi connectivity index (χ0) is 17.6. The van der Waals surface area contributed by atoms with Gasteiger partial charge in [0.25, 0.3) is 11.1 Å². The Morgan fingerprint density at radius 1 is 1.20 bits per heavy atom. The Bertz CT molecular complexity index is 885. The van der Waals surface area contributed by atoms with Crippen molar-refractivity contribution in [3.63, 3.8) is 0 Å². The maximum absolute atomic E-state index is 13.7. The first-order valence-electron chi connectivity index (χ1n) is 7.31. The van der Waals surface area contributed by atoms with Crippen LogP contribution in [-0.4, -0.2) is 29.0 Å². The van der Waals surface area contributed by atoms with Crippen LogP contribution in [0.15, 0.2) is 58.2 Å². The fraction of sp³-hybridized carbons (Fsp3) is 0.118. The Labute approximate surface area is 147 Å². The number of nitrogens with zero attached hydrogens (tertiary/aromatic N) is 2. The highest BCUT2D eigenvalue weighted by molar-refractivity contribution is 7.99. The van der Waals surface area contributed by atoms with Gasteiger partial charge in [0.05, 0.1) is 24.1 Å². The number of ether oxygens (including phenoxy) is 1. The van der Waals surface area contributed by atoms with Crippen LogP contribution < -0.4 is 10.1 Å². The summed E-state index contributed by atoms with van der Waals surface area (Å²) in [5, 5.41) is 10.6. The van der Waals surface area contributed by atoms with Gasteiger partial charge in [-0.05, 0) is 24.3 Å². The van der Waals surface area contributed by atoms with E-state index in [0.717, 1.165) is 11.8 Å². The van der Waals surface area contributed by atoms with Gasteiger partial charge in [-0.2, -0.15) is 0 Å². The number of para-hydroxylation sites is 2. The third-order valence-electron chi connectivity index (χ3n) is 3.22. The first kappa shape index (κ1) is 17.0. The van der Waals surface area contributed by atoms with Crippen molar-refractivity contribution < 1.29 is 18.3 Å². The second-order valence-electron chi connectivity index (χ2n) is 4.89. The van der Waals surface area contributed by atoms with E-state index in [1.807, 2.05) is 6.07 Å². The van der Waals surface area contributed by atoms with E-state index in [0.29, 0.717) is 11.4 Å². The molecule has 0 unspecified atom stereocenters. The van der Waals surface area contributed by atoms with Gasteiger partial charge in [0.2, 0.25) is 5.91 Å². The molecule has 1 amide bonds. The Hall–Kier alpha value is -2.87. The molecule has 1 aromatic heterocycles. The van der Waals surface area contributed by atoms with Crippen LogP contribution in [0.1, 0.15) is 0 Å². The van der Waals surface area contributed by atoms with Crippen LogP contribution in [0.5, 0.6) is 5.75 Å². The van der Waals surface area contributed by atoms with Gasteiger partial charge in [-0.1, -0.05) is 36.0 Å². The maximum atomic E-state index is 13.7. The number of amides is 1. The number of anilines is 1. The minimum absolute atomic E-state index is 0.0664. The van der Waals surface area contributed by atoms with Crippen LogP contribution in [0.4, 0.5) is 10.1 Å². The molecule has 25 heavy (non-hydrogen) atoms. The average Bonchev–Trinajstić information content (AvgIpc) is 3.09. The van der Waals surface area contributed by atoms with Crippen molar-refractivity contribution in [1.82, 2.24) is 10.2 Å². The van der Waals surface area contributed by atoms with Crippen LogP contribution in [0.2, 0.25) is 0 Å². The molecule has 3 rings (SSSR count). The summed E-state index contributed by atoms with van der Waals surface area (Å²) in [4.78, 5) is 12.0. The summed E-state index contributed by atoms with van der Waals surface area (Å²) in [5.41, 5.74) is 0.800. The van der Waals surface area contributed by atoms with Crippen molar-refractivity contribution >= 4 is 23.4 Å². The van der Waals surface area contributed by atoms with Crippen LogP contribution in [0, 0.1) is 5.82 Å². The van der Waals surface area contributed by atoms with Crippen molar-refractivity contribution in [3.05, 3.63) is 54.3 Å². The molecule has 8 heteroatoms. The third-order valence-corrected chi connectivity index (χ3v) is 4.04. The van der Waals surface area contributed by atoms with E-state index in [4.69, 9.17) is 9.15 Å². The van der Waals surface area contributed by atoms with Gasteiger partial charge in [0.15, 0.2) is 0 Å². The fourth-order valence-corrected chi connectivity index (χ4v) is 2.64. The summed E-state index contributed by atoms with van der Waals surface area (Å²) in [5.74, 6) is 0.0136. The molecule has 0 atom stereocenters. The van der Waals surface area contributed by atoms with Crippen molar-refractivity contribution in [2.24, 2.45) is 0 Å². The molecular weight excluding hydrogens is 345 g/mol. The third kappa shape index (κ3) is 4.16. The standard InChI is InChI=1S/C17H14FN3O3S/c1-23-14-9-5-4-8-13(14)19-15(22)10-25-17-21-20-16(24-17)11-6-2-3-7-12(11)18/h2-9H,10H2,1H3,(H,19,22). The zero-order valence-electron chi connectivity index (χ0n) is 13.2. The van der Waals surface area contributed by atoms with E-state index < -0.39 is 5.82 Å². The molecule has 1 N–H and O–H groups in total. The van der Waals surface area contributed by atoms with Crippen molar-refractivity contribution in [2.75, 3.05) is 18.2 Å². The highest BCUT2D eigenvalue weighted by atomic mass is 32.2. The number of hydrogen-bond acceptors (Lipinski definition) is 6. The highest BCUT2D eigenvalue weighted by Gasteiger charge is 2.14. The van der Waals surface area contributed by atoms with Crippen molar-refractivity contribution in [2.45, 2.75) is 5.22 Å². The minimum Gasteiger partial charge on any atom is -0.495 e. The van der Waals surface area contributed by atoms with E-state index in [1.54, 1.807) is 36.4 Å². The van der Waals surface area contributed by atoms with Gasteiger partial charge in [-0.15, -0.1) is 10.2 Å². The number of halogens is 1. The molecule has 0 bridgehead atoms. The van der Waals surface area contributed by atoms with Gasteiger partial charge in [0.1, 0.15) is 11.6 Å². The summed E-state index contributed by atoms with van der Waals surface area (Å²) >= 11 is 1.07. The zero-order valence-corrected chi connectivity index (χ0v) is 14.0. The first-order valence-corrected chi connectivity index (χ1v) is 8.30. The molecule has 0 aliphatic heterocycles. The van der Waals surface area contributed by atoms with Crippen LogP contribution in [0.25, 0.3) is 11.5 Å². The molecule has 0 aliphatic rings. The molecule has 0 fully saturated rings. The lowest BCUT2D eigenvalue weighted by Gasteiger charge is -2.08. The lowest BCUT2D eigenvalue weighted by Crippen LogP contribution is -2.14. The predicted octanol–water partition coefficient (Wildman–Crippen LogP) is 3.62. The number of carbonyl (C=O) groups is 1. The number of nitrogens with one attached hydrogen (secondary N) is 1. The second kappa shape index (κ2) is 7.80. The smallest absolute Gasteiger partial charge is 0.277 e. The first-order chi connectivity index (χ1) is 12.2. The monoisotopic (exact) mass is 359 g/mol. The summed E-state index contributed by atoms with van der Waals surface area (Å²) in [6.45, 7) is 0. The Kier molecular flexibility index (Phi) is 5.30. The number of hydrogen-bond donors (Lipinski definition) is 1. The van der Waals surface area contributed by atoms with Gasteiger partial charge < -0.3 is 14.5 Å². The summed E-state index contributed by atoms with van der Waals surface area (Å²) in [6, 6.07) is 13.2. The van der Waals surface area contributed by atoms with E-state index in [2.05, 4.69) is 15.5 Å². The van der Waals surface area contributed by atoms with E-state index in [9.17, 15) is 9.18 Å². The normalized spacial score (nSPS) is 10.5. The van der Waals surface area contributed by atoms with Crippen LogP contribution in [-0.2, 0) is 4.79 Å². The molecule has 6 nitrogen and oxygen atoms in total. The molecule has 0 aliphatic carbocycles. The molecule has 0 saturated heterocycles. The molecular formula is C17H14FN3O3S. The Morgan fingerprint density at radius 2 is 1.96 bits per heavy atom. The second-order valence-corrected chi connectivity index (χ2v) is 5.82. The van der Waals surface area contributed by atoms with Gasteiger partial charge in [-0.25, -0.2) is 4.39 Å². The minimum atomic E-state index is -0.448. The van der Waals surface area contributed by atoms with Gasteiger partial charge in [0, 0.05) is 0 Å². The summed E-state index contributed by atoms with van der Waals surface area (Å²) in [7, 11) is 1.53. The lowest BCUT2D eigenvalue weighted by atomic mass is 10.2.